The van der Waals surface area contributed by atoms with E-state index in [4.69, 9.17) is 9.47 Å². The summed E-state index contributed by atoms with van der Waals surface area (Å²) in [4.78, 5) is 32.2. The number of aromatic amines is 1. The smallest absolute Gasteiger partial charge is 0.256 e. The van der Waals surface area contributed by atoms with Gasteiger partial charge in [-0.25, -0.2) is 0 Å². The van der Waals surface area contributed by atoms with E-state index in [0.29, 0.717) is 22.7 Å². The van der Waals surface area contributed by atoms with Crippen molar-refractivity contribution < 1.29 is 14.3 Å². The fourth-order valence-electron chi connectivity index (χ4n) is 3.77. The van der Waals surface area contributed by atoms with Crippen LogP contribution in [-0.2, 0) is 16.1 Å². The number of pyridine rings is 2. The second kappa shape index (κ2) is 7.53. The Morgan fingerprint density at radius 3 is 2.47 bits per heavy atom. The van der Waals surface area contributed by atoms with Crippen LogP contribution in [0, 0.1) is 0 Å². The first-order valence-corrected chi connectivity index (χ1v) is 10.2. The van der Waals surface area contributed by atoms with E-state index in [9.17, 15) is 9.59 Å². The maximum atomic E-state index is 13.1. The van der Waals surface area contributed by atoms with E-state index in [1.54, 1.807) is 42.9 Å². The van der Waals surface area contributed by atoms with E-state index in [-0.39, 0.29) is 17.9 Å². The van der Waals surface area contributed by atoms with Gasteiger partial charge in [0.05, 0.1) is 11.3 Å². The van der Waals surface area contributed by atoms with Crippen molar-refractivity contribution in [3.8, 4) is 5.75 Å². The van der Waals surface area contributed by atoms with Crippen molar-refractivity contribution in [2.45, 2.75) is 26.1 Å². The van der Waals surface area contributed by atoms with Gasteiger partial charge in [-0.2, -0.15) is 0 Å². The number of ketones is 1. The van der Waals surface area contributed by atoms with Gasteiger partial charge in [-0.1, -0.05) is 18.2 Å². The lowest BCUT2D eigenvalue weighted by Crippen LogP contribution is -2.29. The highest BCUT2D eigenvalue weighted by Crippen LogP contribution is 2.41. The van der Waals surface area contributed by atoms with Crippen molar-refractivity contribution in [1.29, 1.82) is 0 Å². The standard InChI is InChI=1S/C25H21N3O4/c1-25(2)24(30)22(23(32-25)17-10-12-26-13-11-17)16-6-8-19(9-7-16)31-15-18-14-28-20(27-18)4-3-5-21(28)29/h3-14,27H,15H2,1-2H3. The highest BCUT2D eigenvalue weighted by Gasteiger charge is 2.42. The molecule has 0 bridgehead atoms. The number of aromatic nitrogens is 3. The van der Waals surface area contributed by atoms with Crippen LogP contribution in [0.1, 0.15) is 30.7 Å². The zero-order valence-electron chi connectivity index (χ0n) is 17.7. The molecular formula is C25H21N3O4. The summed E-state index contributed by atoms with van der Waals surface area (Å²) in [5.74, 6) is 1.14. The fraction of sp³-hybridized carbons (Fsp3) is 0.160. The molecule has 0 atom stereocenters. The van der Waals surface area contributed by atoms with Crippen LogP contribution in [-0.4, -0.2) is 25.8 Å². The van der Waals surface area contributed by atoms with Gasteiger partial charge in [-0.3, -0.25) is 19.0 Å². The molecule has 0 spiro atoms. The molecule has 1 aliphatic rings. The summed E-state index contributed by atoms with van der Waals surface area (Å²) in [5, 5.41) is 0. The number of imidazole rings is 1. The maximum Gasteiger partial charge on any atom is 0.256 e. The lowest BCUT2D eigenvalue weighted by molar-refractivity contribution is -0.125. The van der Waals surface area contributed by atoms with Crippen LogP contribution in [0.25, 0.3) is 17.0 Å². The number of hydrogen-bond donors (Lipinski definition) is 1. The van der Waals surface area contributed by atoms with E-state index in [0.717, 1.165) is 16.8 Å². The number of nitrogens with zero attached hydrogens (tertiary/aromatic N) is 2. The second-order valence-electron chi connectivity index (χ2n) is 8.09. The molecular weight excluding hydrogens is 406 g/mol. The number of fused-ring (bicyclic) bond motifs is 1. The molecule has 1 aliphatic heterocycles. The number of benzene rings is 1. The first-order valence-electron chi connectivity index (χ1n) is 10.2. The highest BCUT2D eigenvalue weighted by atomic mass is 16.5. The van der Waals surface area contributed by atoms with Gasteiger partial charge in [-0.05, 0) is 49.7 Å². The molecule has 0 saturated heterocycles. The zero-order chi connectivity index (χ0) is 22.3. The molecule has 7 nitrogen and oxygen atoms in total. The minimum atomic E-state index is -0.934. The average molecular weight is 427 g/mol. The molecule has 3 aromatic heterocycles. The van der Waals surface area contributed by atoms with Crippen molar-refractivity contribution in [3.63, 3.8) is 0 Å². The molecule has 160 valence electrons. The van der Waals surface area contributed by atoms with E-state index in [1.165, 1.54) is 6.07 Å². The topological polar surface area (TPSA) is 85.7 Å². The van der Waals surface area contributed by atoms with Crippen LogP contribution in [0.2, 0.25) is 0 Å². The van der Waals surface area contributed by atoms with E-state index >= 15 is 0 Å². The summed E-state index contributed by atoms with van der Waals surface area (Å²) in [5.41, 5.74) is 2.57. The SMILES string of the molecule is CC1(C)OC(c2ccncc2)=C(c2ccc(OCc3cn4c(=O)cccc4[nH]3)cc2)C1=O. The van der Waals surface area contributed by atoms with Gasteiger partial charge < -0.3 is 14.5 Å². The van der Waals surface area contributed by atoms with Gasteiger partial charge in [-0.15, -0.1) is 0 Å². The summed E-state index contributed by atoms with van der Waals surface area (Å²) >= 11 is 0. The molecule has 0 unspecified atom stereocenters. The molecule has 32 heavy (non-hydrogen) atoms. The summed E-state index contributed by atoms with van der Waals surface area (Å²) in [6, 6.07) is 16.0. The van der Waals surface area contributed by atoms with Crippen molar-refractivity contribution >= 4 is 22.8 Å². The van der Waals surface area contributed by atoms with Gasteiger partial charge in [0.15, 0.2) is 5.60 Å². The first kappa shape index (κ1) is 19.8. The lowest BCUT2D eigenvalue weighted by atomic mass is 9.93. The quantitative estimate of drug-likeness (QED) is 0.523. The predicted molar refractivity (Wildman–Crippen MR) is 120 cm³/mol. The molecule has 0 saturated carbocycles. The third kappa shape index (κ3) is 3.47. The van der Waals surface area contributed by atoms with Crippen molar-refractivity contribution in [1.82, 2.24) is 14.4 Å². The molecule has 4 aromatic rings. The van der Waals surface area contributed by atoms with Crippen LogP contribution in [0.4, 0.5) is 0 Å². The lowest BCUT2D eigenvalue weighted by Gasteiger charge is -2.17. The Balaban J connectivity index is 1.40. The van der Waals surface area contributed by atoms with Crippen molar-refractivity contribution in [2.24, 2.45) is 0 Å². The number of nitrogens with one attached hydrogen (secondary N) is 1. The number of carbonyl (C=O) groups is 1. The molecule has 5 rings (SSSR count). The summed E-state index contributed by atoms with van der Waals surface area (Å²) < 4.78 is 13.4. The Kier molecular flexibility index (Phi) is 4.66. The number of Topliss-reactive ketones (excluding diaryl/α,β-unsaturated/α-hetero) is 1. The van der Waals surface area contributed by atoms with Crippen molar-refractivity contribution in [3.05, 3.63) is 100 Å². The normalized spacial score (nSPS) is 15.2. The van der Waals surface area contributed by atoms with Crippen LogP contribution in [0.15, 0.2) is 78.0 Å². The number of rotatable bonds is 5. The summed E-state index contributed by atoms with van der Waals surface area (Å²) in [6.45, 7) is 3.82. The van der Waals surface area contributed by atoms with Crippen LogP contribution in [0.3, 0.4) is 0 Å². The third-order valence-electron chi connectivity index (χ3n) is 5.40. The Bertz CT molecular complexity index is 1400. The van der Waals surface area contributed by atoms with E-state index in [1.807, 2.05) is 42.5 Å². The van der Waals surface area contributed by atoms with Gasteiger partial charge in [0, 0.05) is 30.2 Å². The summed E-state index contributed by atoms with van der Waals surface area (Å²) in [6.07, 6.45) is 5.08. The number of hydrogen-bond acceptors (Lipinski definition) is 5. The third-order valence-corrected chi connectivity index (χ3v) is 5.40. The number of ether oxygens (including phenoxy) is 2. The van der Waals surface area contributed by atoms with Gasteiger partial charge in [0.1, 0.15) is 23.8 Å². The predicted octanol–water partition coefficient (Wildman–Crippen LogP) is 3.85. The Morgan fingerprint density at radius 2 is 1.75 bits per heavy atom. The molecule has 4 heterocycles. The Hall–Kier alpha value is -4.13. The summed E-state index contributed by atoms with van der Waals surface area (Å²) in [7, 11) is 0. The second-order valence-corrected chi connectivity index (χ2v) is 8.09. The fourth-order valence-corrected chi connectivity index (χ4v) is 3.77. The minimum absolute atomic E-state index is 0.0681. The van der Waals surface area contributed by atoms with E-state index < -0.39 is 5.60 Å². The largest absolute Gasteiger partial charge is 0.487 e. The maximum absolute atomic E-state index is 13.1. The van der Waals surface area contributed by atoms with Gasteiger partial charge >= 0.3 is 0 Å². The molecule has 7 heteroatoms. The van der Waals surface area contributed by atoms with Gasteiger partial charge in [0.25, 0.3) is 5.56 Å². The average Bonchev–Trinajstić information content (AvgIpc) is 3.33. The van der Waals surface area contributed by atoms with Crippen LogP contribution in [0.5, 0.6) is 5.75 Å². The molecule has 0 amide bonds. The first-order chi connectivity index (χ1) is 15.4. The number of H-pyrrole nitrogens is 1. The monoisotopic (exact) mass is 427 g/mol. The highest BCUT2D eigenvalue weighted by molar-refractivity contribution is 6.32. The van der Waals surface area contributed by atoms with Crippen molar-refractivity contribution in [2.75, 3.05) is 0 Å². The van der Waals surface area contributed by atoms with Gasteiger partial charge in [0.2, 0.25) is 5.78 Å². The Morgan fingerprint density at radius 1 is 1.00 bits per heavy atom. The van der Waals surface area contributed by atoms with E-state index in [2.05, 4.69) is 9.97 Å². The Labute approximate surface area is 184 Å². The minimum Gasteiger partial charge on any atom is -0.487 e. The molecule has 1 N–H and O–H groups in total. The molecule has 0 radical (unpaired) electrons. The zero-order valence-corrected chi connectivity index (χ0v) is 17.7. The molecule has 0 aliphatic carbocycles. The molecule has 0 fully saturated rings. The number of carbonyl (C=O) groups excluding carboxylic acids is 1. The molecule has 1 aromatic carbocycles. The van der Waals surface area contributed by atoms with Crippen LogP contribution < -0.4 is 10.3 Å². The van der Waals surface area contributed by atoms with Crippen LogP contribution >= 0.6 is 0 Å².